The van der Waals surface area contributed by atoms with Gasteiger partial charge in [0, 0.05) is 21.7 Å². The summed E-state index contributed by atoms with van der Waals surface area (Å²) in [6, 6.07) is 8.67. The van der Waals surface area contributed by atoms with E-state index in [1.54, 1.807) is 24.3 Å². The molecule has 0 aliphatic carbocycles. The highest BCUT2D eigenvalue weighted by Crippen LogP contribution is 2.33. The minimum Gasteiger partial charge on any atom is -0.344 e. The number of rotatable bonds is 2. The van der Waals surface area contributed by atoms with Crippen molar-refractivity contribution in [1.29, 1.82) is 0 Å². The molecular formula is C15H13BrN2O2S. The zero-order valence-electron chi connectivity index (χ0n) is 11.5. The standard InChI is InChI=1S/C15H13BrN2O2S/c1-9-3-5-11(6-4-9)21(19,20)13-8-17-15-12(14(13)16)7-10(2)18-15/h3-8H,1-2H3,(H,17,18). The van der Waals surface area contributed by atoms with Crippen molar-refractivity contribution in [3.05, 3.63) is 52.3 Å². The third kappa shape index (κ3) is 2.38. The average Bonchev–Trinajstić information content (AvgIpc) is 2.81. The Labute approximate surface area is 131 Å². The van der Waals surface area contributed by atoms with Gasteiger partial charge in [-0.25, -0.2) is 13.4 Å². The van der Waals surface area contributed by atoms with Gasteiger partial charge in [0.2, 0.25) is 9.84 Å². The number of benzene rings is 1. The number of pyridine rings is 1. The summed E-state index contributed by atoms with van der Waals surface area (Å²) >= 11 is 3.40. The van der Waals surface area contributed by atoms with Crippen LogP contribution < -0.4 is 0 Å². The number of aryl methyl sites for hydroxylation is 2. The molecular weight excluding hydrogens is 352 g/mol. The molecule has 0 fully saturated rings. The molecule has 0 unspecified atom stereocenters. The summed E-state index contributed by atoms with van der Waals surface area (Å²) in [6.45, 7) is 3.82. The van der Waals surface area contributed by atoms with Gasteiger partial charge in [0.1, 0.15) is 10.5 Å². The fourth-order valence-electron chi connectivity index (χ4n) is 2.19. The number of hydrogen-bond acceptors (Lipinski definition) is 3. The van der Waals surface area contributed by atoms with Gasteiger partial charge in [-0.05, 0) is 48.0 Å². The van der Waals surface area contributed by atoms with Gasteiger partial charge in [0.05, 0.1) is 4.90 Å². The Balaban J connectivity index is 2.23. The van der Waals surface area contributed by atoms with Crippen molar-refractivity contribution in [3.8, 4) is 0 Å². The predicted molar refractivity (Wildman–Crippen MR) is 85.2 cm³/mol. The molecule has 2 heterocycles. The molecule has 0 spiro atoms. The number of aromatic amines is 1. The Morgan fingerprint density at radius 3 is 2.48 bits per heavy atom. The molecule has 0 radical (unpaired) electrons. The molecule has 4 nitrogen and oxygen atoms in total. The first-order valence-electron chi connectivity index (χ1n) is 6.35. The Morgan fingerprint density at radius 2 is 1.81 bits per heavy atom. The van der Waals surface area contributed by atoms with Gasteiger partial charge in [0.25, 0.3) is 0 Å². The predicted octanol–water partition coefficient (Wildman–Crippen LogP) is 3.78. The van der Waals surface area contributed by atoms with Crippen LogP contribution in [-0.2, 0) is 9.84 Å². The second-order valence-electron chi connectivity index (χ2n) is 4.97. The summed E-state index contributed by atoms with van der Waals surface area (Å²) in [4.78, 5) is 7.74. The van der Waals surface area contributed by atoms with Crippen LogP contribution in [0.25, 0.3) is 11.0 Å². The molecule has 0 aliphatic heterocycles. The van der Waals surface area contributed by atoms with Gasteiger partial charge in [-0.1, -0.05) is 17.7 Å². The van der Waals surface area contributed by atoms with Gasteiger partial charge >= 0.3 is 0 Å². The number of aromatic nitrogens is 2. The number of H-pyrrole nitrogens is 1. The van der Waals surface area contributed by atoms with Crippen molar-refractivity contribution in [1.82, 2.24) is 9.97 Å². The van der Waals surface area contributed by atoms with E-state index in [4.69, 9.17) is 0 Å². The fraction of sp³-hybridized carbons (Fsp3) is 0.133. The first kappa shape index (κ1) is 14.3. The van der Waals surface area contributed by atoms with Gasteiger partial charge in [-0.2, -0.15) is 0 Å². The number of fused-ring (bicyclic) bond motifs is 1. The molecule has 0 atom stereocenters. The fourth-order valence-corrected chi connectivity index (χ4v) is 4.52. The van der Waals surface area contributed by atoms with Crippen LogP contribution in [0.4, 0.5) is 0 Å². The highest BCUT2D eigenvalue weighted by atomic mass is 79.9. The van der Waals surface area contributed by atoms with E-state index in [-0.39, 0.29) is 9.79 Å². The Kier molecular flexibility index (Phi) is 3.37. The molecule has 3 rings (SSSR count). The van der Waals surface area contributed by atoms with Crippen molar-refractivity contribution in [2.24, 2.45) is 0 Å². The van der Waals surface area contributed by atoms with E-state index in [0.717, 1.165) is 16.6 Å². The summed E-state index contributed by atoms with van der Waals surface area (Å²) < 4.78 is 26.0. The Hall–Kier alpha value is -1.66. The molecule has 2 aromatic heterocycles. The first-order valence-corrected chi connectivity index (χ1v) is 8.63. The van der Waals surface area contributed by atoms with Crippen LogP contribution in [0.15, 0.2) is 50.8 Å². The van der Waals surface area contributed by atoms with Gasteiger partial charge < -0.3 is 4.98 Å². The van der Waals surface area contributed by atoms with Crippen LogP contribution in [0.5, 0.6) is 0 Å². The summed E-state index contributed by atoms with van der Waals surface area (Å²) in [5.74, 6) is 0. The largest absolute Gasteiger partial charge is 0.344 e. The zero-order valence-corrected chi connectivity index (χ0v) is 13.9. The van der Waals surface area contributed by atoms with Crippen LogP contribution in [0.2, 0.25) is 0 Å². The maximum atomic E-state index is 12.7. The monoisotopic (exact) mass is 364 g/mol. The minimum absolute atomic E-state index is 0.179. The van der Waals surface area contributed by atoms with Crippen LogP contribution in [0.3, 0.4) is 0 Å². The summed E-state index contributed by atoms with van der Waals surface area (Å²) in [5.41, 5.74) is 2.62. The number of nitrogens with one attached hydrogen (secondary N) is 1. The quantitative estimate of drug-likeness (QED) is 0.752. The molecule has 108 valence electrons. The number of sulfone groups is 1. The molecule has 21 heavy (non-hydrogen) atoms. The smallest absolute Gasteiger partial charge is 0.209 e. The molecule has 6 heteroatoms. The molecule has 0 saturated carbocycles. The molecule has 1 aromatic carbocycles. The number of halogens is 1. The van der Waals surface area contributed by atoms with E-state index in [1.807, 2.05) is 19.9 Å². The van der Waals surface area contributed by atoms with Crippen molar-refractivity contribution >= 4 is 36.8 Å². The zero-order chi connectivity index (χ0) is 15.2. The summed E-state index contributed by atoms with van der Waals surface area (Å²) in [7, 11) is -3.59. The third-order valence-corrected chi connectivity index (χ3v) is 6.21. The van der Waals surface area contributed by atoms with Crippen LogP contribution in [0.1, 0.15) is 11.3 Å². The Bertz CT molecular complexity index is 928. The second-order valence-corrected chi connectivity index (χ2v) is 7.68. The van der Waals surface area contributed by atoms with Crippen molar-refractivity contribution < 1.29 is 8.42 Å². The minimum atomic E-state index is -3.59. The lowest BCUT2D eigenvalue weighted by Crippen LogP contribution is -2.04. The van der Waals surface area contributed by atoms with E-state index in [0.29, 0.717) is 10.1 Å². The average molecular weight is 365 g/mol. The highest BCUT2D eigenvalue weighted by molar-refractivity contribution is 9.10. The lowest BCUT2D eigenvalue weighted by molar-refractivity contribution is 0.595. The number of hydrogen-bond donors (Lipinski definition) is 1. The molecule has 0 aliphatic rings. The normalized spacial score (nSPS) is 12.0. The van der Waals surface area contributed by atoms with E-state index >= 15 is 0 Å². The van der Waals surface area contributed by atoms with Crippen molar-refractivity contribution in [3.63, 3.8) is 0 Å². The van der Waals surface area contributed by atoms with Crippen molar-refractivity contribution in [2.75, 3.05) is 0 Å². The molecule has 0 bridgehead atoms. The Morgan fingerprint density at radius 1 is 1.14 bits per heavy atom. The van der Waals surface area contributed by atoms with E-state index in [1.165, 1.54) is 6.20 Å². The van der Waals surface area contributed by atoms with E-state index in [2.05, 4.69) is 25.9 Å². The maximum Gasteiger partial charge on any atom is 0.209 e. The van der Waals surface area contributed by atoms with Crippen molar-refractivity contribution in [2.45, 2.75) is 23.6 Å². The summed E-state index contributed by atoms with van der Waals surface area (Å²) in [6.07, 6.45) is 1.39. The lowest BCUT2D eigenvalue weighted by atomic mass is 10.2. The SMILES string of the molecule is Cc1ccc(S(=O)(=O)c2cnc3[nH]c(C)cc3c2Br)cc1. The van der Waals surface area contributed by atoms with E-state index < -0.39 is 9.84 Å². The molecule has 1 N–H and O–H groups in total. The third-order valence-electron chi connectivity index (χ3n) is 3.32. The molecule has 0 amide bonds. The lowest BCUT2D eigenvalue weighted by Gasteiger charge is -2.07. The highest BCUT2D eigenvalue weighted by Gasteiger charge is 2.23. The number of nitrogens with zero attached hydrogens (tertiary/aromatic N) is 1. The first-order chi connectivity index (χ1) is 9.89. The molecule has 3 aromatic rings. The van der Waals surface area contributed by atoms with Gasteiger partial charge in [-0.15, -0.1) is 0 Å². The molecule has 0 saturated heterocycles. The van der Waals surface area contributed by atoms with Gasteiger partial charge in [0.15, 0.2) is 0 Å². The maximum absolute atomic E-state index is 12.7. The summed E-state index contributed by atoms with van der Waals surface area (Å²) in [5, 5.41) is 0.765. The topological polar surface area (TPSA) is 62.8 Å². The van der Waals surface area contributed by atoms with E-state index in [9.17, 15) is 8.42 Å². The van der Waals surface area contributed by atoms with Gasteiger partial charge in [-0.3, -0.25) is 0 Å². The van der Waals surface area contributed by atoms with Crippen LogP contribution in [-0.4, -0.2) is 18.4 Å². The second kappa shape index (κ2) is 4.96. The van der Waals surface area contributed by atoms with Crippen LogP contribution in [0, 0.1) is 13.8 Å². The van der Waals surface area contributed by atoms with Crippen LogP contribution >= 0.6 is 15.9 Å².